The van der Waals surface area contributed by atoms with E-state index < -0.39 is 0 Å². The van der Waals surface area contributed by atoms with Gasteiger partial charge in [-0.05, 0) is 19.8 Å². The molecule has 1 aromatic rings. The lowest BCUT2D eigenvalue weighted by atomic mass is 10.1. The van der Waals surface area contributed by atoms with Gasteiger partial charge < -0.3 is 15.2 Å². The fourth-order valence-electron chi connectivity index (χ4n) is 2.29. The number of hydrogen-bond acceptors (Lipinski definition) is 6. The number of piperidine rings is 1. The highest BCUT2D eigenvalue weighted by atomic mass is 32.1. The average molecular weight is 285 g/mol. The fourth-order valence-corrected chi connectivity index (χ4v) is 3.21. The third-order valence-electron chi connectivity index (χ3n) is 3.24. The summed E-state index contributed by atoms with van der Waals surface area (Å²) in [4.78, 5) is 8.11. The number of ether oxygens (including phenoxy) is 1. The molecule has 0 aliphatic carbocycles. The molecule has 1 saturated heterocycles. The van der Waals surface area contributed by atoms with E-state index in [-0.39, 0.29) is 6.61 Å². The summed E-state index contributed by atoms with van der Waals surface area (Å²) in [6.45, 7) is 6.68. The average Bonchev–Trinajstić information content (AvgIpc) is 2.86. The van der Waals surface area contributed by atoms with Gasteiger partial charge in [-0.15, -0.1) is 11.3 Å². The molecule has 0 atom stereocenters. The fraction of sp³-hybridized carbons (Fsp3) is 0.769. The molecule has 0 radical (unpaired) electrons. The lowest BCUT2D eigenvalue weighted by Crippen LogP contribution is -2.36. The molecule has 5 nitrogen and oxygen atoms in total. The molecule has 2 rings (SSSR count). The molecule has 0 bridgehead atoms. The number of aliphatic hydroxyl groups excluding tert-OH is 1. The van der Waals surface area contributed by atoms with Gasteiger partial charge in [-0.2, -0.15) is 0 Å². The van der Waals surface area contributed by atoms with Crippen molar-refractivity contribution in [2.24, 2.45) is 0 Å². The van der Waals surface area contributed by atoms with Crippen molar-refractivity contribution in [2.45, 2.75) is 32.4 Å². The minimum atomic E-state index is 0.119. The Kier molecular flexibility index (Phi) is 6.03. The van der Waals surface area contributed by atoms with Gasteiger partial charge in [-0.3, -0.25) is 4.90 Å². The molecule has 0 saturated carbocycles. The Morgan fingerprint density at radius 3 is 3.00 bits per heavy atom. The maximum Gasteiger partial charge on any atom is 0.182 e. The summed E-state index contributed by atoms with van der Waals surface area (Å²) < 4.78 is 5.57. The van der Waals surface area contributed by atoms with Crippen LogP contribution in [0.25, 0.3) is 0 Å². The number of anilines is 1. The molecular formula is C13H23N3O2S. The van der Waals surface area contributed by atoms with Gasteiger partial charge in [0.1, 0.15) is 0 Å². The van der Waals surface area contributed by atoms with Crippen molar-refractivity contribution in [1.82, 2.24) is 9.88 Å². The third-order valence-corrected chi connectivity index (χ3v) is 4.18. The van der Waals surface area contributed by atoms with Crippen LogP contribution in [0.5, 0.6) is 0 Å². The molecule has 0 spiro atoms. The van der Waals surface area contributed by atoms with Gasteiger partial charge >= 0.3 is 0 Å². The van der Waals surface area contributed by atoms with Crippen molar-refractivity contribution in [3.05, 3.63) is 11.1 Å². The molecule has 2 heterocycles. The summed E-state index contributed by atoms with van der Waals surface area (Å²) in [7, 11) is 0. The van der Waals surface area contributed by atoms with E-state index in [0.29, 0.717) is 12.7 Å². The number of nitrogens with one attached hydrogen (secondary N) is 1. The second kappa shape index (κ2) is 7.79. The molecular weight excluding hydrogens is 262 g/mol. The first kappa shape index (κ1) is 14.7. The Morgan fingerprint density at radius 2 is 2.32 bits per heavy atom. The SMILES string of the molecule is CCNc1ncc(CN2CCC(OCCO)CC2)s1. The Balaban J connectivity index is 1.72. The van der Waals surface area contributed by atoms with Crippen LogP contribution in [0.1, 0.15) is 24.6 Å². The van der Waals surface area contributed by atoms with Crippen molar-refractivity contribution >= 4 is 16.5 Å². The number of nitrogens with zero attached hydrogens (tertiary/aromatic N) is 2. The minimum absolute atomic E-state index is 0.119. The summed E-state index contributed by atoms with van der Waals surface area (Å²) in [5, 5.41) is 13.0. The normalized spacial score (nSPS) is 17.8. The van der Waals surface area contributed by atoms with Crippen LogP contribution in [0.3, 0.4) is 0 Å². The van der Waals surface area contributed by atoms with Crippen LogP contribution in [0.2, 0.25) is 0 Å². The Hall–Kier alpha value is -0.690. The van der Waals surface area contributed by atoms with Crippen LogP contribution in [0.15, 0.2) is 6.20 Å². The monoisotopic (exact) mass is 285 g/mol. The van der Waals surface area contributed by atoms with Gasteiger partial charge in [0.25, 0.3) is 0 Å². The molecule has 0 amide bonds. The van der Waals surface area contributed by atoms with Crippen molar-refractivity contribution < 1.29 is 9.84 Å². The van der Waals surface area contributed by atoms with Crippen LogP contribution in [0.4, 0.5) is 5.13 Å². The summed E-state index contributed by atoms with van der Waals surface area (Å²) >= 11 is 1.74. The second-order valence-corrected chi connectivity index (χ2v) is 5.85. The molecule has 0 aromatic carbocycles. The van der Waals surface area contributed by atoms with Gasteiger partial charge in [0.05, 0.1) is 19.3 Å². The first-order valence-corrected chi connectivity index (χ1v) is 7.77. The Bertz CT molecular complexity index is 365. The zero-order valence-electron chi connectivity index (χ0n) is 11.5. The first-order valence-electron chi connectivity index (χ1n) is 6.95. The zero-order valence-corrected chi connectivity index (χ0v) is 12.3. The summed E-state index contributed by atoms with van der Waals surface area (Å²) in [5.74, 6) is 0. The van der Waals surface area contributed by atoms with E-state index in [0.717, 1.165) is 44.2 Å². The van der Waals surface area contributed by atoms with E-state index in [1.807, 2.05) is 6.20 Å². The molecule has 1 aliphatic heterocycles. The van der Waals surface area contributed by atoms with Gasteiger partial charge in [0.15, 0.2) is 5.13 Å². The molecule has 2 N–H and O–H groups in total. The van der Waals surface area contributed by atoms with Crippen molar-refractivity contribution in [1.29, 1.82) is 0 Å². The third kappa shape index (κ3) is 4.72. The number of likely N-dealkylation sites (tertiary alicyclic amines) is 1. The van der Waals surface area contributed by atoms with Gasteiger partial charge in [0.2, 0.25) is 0 Å². The predicted octanol–water partition coefficient (Wildman–Crippen LogP) is 1.55. The van der Waals surface area contributed by atoms with E-state index >= 15 is 0 Å². The molecule has 6 heteroatoms. The van der Waals surface area contributed by atoms with Gasteiger partial charge in [-0.1, -0.05) is 0 Å². The van der Waals surface area contributed by atoms with Crippen LogP contribution in [-0.4, -0.2) is 53.9 Å². The number of rotatable bonds is 7. The molecule has 19 heavy (non-hydrogen) atoms. The minimum Gasteiger partial charge on any atom is -0.394 e. The molecule has 1 aromatic heterocycles. The highest BCUT2D eigenvalue weighted by molar-refractivity contribution is 7.15. The maximum absolute atomic E-state index is 8.74. The van der Waals surface area contributed by atoms with Crippen LogP contribution < -0.4 is 5.32 Å². The molecule has 1 aliphatic rings. The van der Waals surface area contributed by atoms with Gasteiger partial charge in [0, 0.05) is 37.3 Å². The van der Waals surface area contributed by atoms with Gasteiger partial charge in [-0.25, -0.2) is 4.98 Å². The predicted molar refractivity (Wildman–Crippen MR) is 77.6 cm³/mol. The summed E-state index contributed by atoms with van der Waals surface area (Å²) in [6, 6.07) is 0. The smallest absolute Gasteiger partial charge is 0.182 e. The van der Waals surface area contributed by atoms with E-state index in [2.05, 4.69) is 22.1 Å². The second-order valence-electron chi connectivity index (χ2n) is 4.73. The van der Waals surface area contributed by atoms with E-state index in [4.69, 9.17) is 9.84 Å². The van der Waals surface area contributed by atoms with E-state index in [9.17, 15) is 0 Å². The highest BCUT2D eigenvalue weighted by Gasteiger charge is 2.20. The van der Waals surface area contributed by atoms with Crippen molar-refractivity contribution in [2.75, 3.05) is 38.2 Å². The Morgan fingerprint density at radius 1 is 1.53 bits per heavy atom. The van der Waals surface area contributed by atoms with Crippen LogP contribution in [0, 0.1) is 0 Å². The topological polar surface area (TPSA) is 57.6 Å². The van der Waals surface area contributed by atoms with E-state index in [1.165, 1.54) is 4.88 Å². The van der Waals surface area contributed by atoms with Crippen LogP contribution >= 0.6 is 11.3 Å². The molecule has 108 valence electrons. The quantitative estimate of drug-likeness (QED) is 0.796. The van der Waals surface area contributed by atoms with Crippen molar-refractivity contribution in [3.8, 4) is 0 Å². The molecule has 1 fully saturated rings. The van der Waals surface area contributed by atoms with Crippen molar-refractivity contribution in [3.63, 3.8) is 0 Å². The molecule has 0 unspecified atom stereocenters. The number of aliphatic hydroxyl groups is 1. The lowest BCUT2D eigenvalue weighted by molar-refractivity contribution is -0.00887. The number of aromatic nitrogens is 1. The largest absolute Gasteiger partial charge is 0.394 e. The standard InChI is InChI=1S/C13H23N3O2S/c1-2-14-13-15-9-12(19-13)10-16-5-3-11(4-6-16)18-8-7-17/h9,11,17H,2-8,10H2,1H3,(H,14,15). The zero-order chi connectivity index (χ0) is 13.5. The van der Waals surface area contributed by atoms with Crippen LogP contribution in [-0.2, 0) is 11.3 Å². The highest BCUT2D eigenvalue weighted by Crippen LogP contribution is 2.22. The first-order chi connectivity index (χ1) is 9.31. The summed E-state index contributed by atoms with van der Waals surface area (Å²) in [6.07, 6.45) is 4.40. The number of thiazole rings is 1. The number of hydrogen-bond donors (Lipinski definition) is 2. The van der Waals surface area contributed by atoms with E-state index in [1.54, 1.807) is 11.3 Å². The Labute approximate surface area is 118 Å². The maximum atomic E-state index is 8.74. The summed E-state index contributed by atoms with van der Waals surface area (Å²) in [5.41, 5.74) is 0. The lowest BCUT2D eigenvalue weighted by Gasteiger charge is -2.31.